The smallest absolute Gasteiger partial charge is 0.216 e. The molecule has 0 saturated heterocycles. The van der Waals surface area contributed by atoms with E-state index in [4.69, 9.17) is 0 Å². The molecule has 0 N–H and O–H groups in total. The average molecular weight is 273 g/mol. The summed E-state index contributed by atoms with van der Waals surface area (Å²) >= 11 is 0. The molecule has 6 heteroatoms. The van der Waals surface area contributed by atoms with Gasteiger partial charge in [-0.15, -0.1) is 15.3 Å². The molecule has 0 fully saturated rings. The molecule has 0 saturated carbocycles. The Morgan fingerprint density at radius 3 is 2.71 bits per heavy atom. The van der Waals surface area contributed by atoms with Gasteiger partial charge in [-0.1, -0.05) is 24.3 Å². The zero-order chi connectivity index (χ0) is 14.0. The van der Waals surface area contributed by atoms with Gasteiger partial charge in [-0.2, -0.15) is 0 Å². The SMILES string of the molecule is O=C1c2ccccc2-c2c1nnc1c3cccnc3nn21. The fourth-order valence-electron chi connectivity index (χ4n) is 2.81. The maximum atomic E-state index is 12.4. The Kier molecular flexibility index (Phi) is 1.76. The van der Waals surface area contributed by atoms with Crippen molar-refractivity contribution in [3.05, 3.63) is 53.9 Å². The van der Waals surface area contributed by atoms with Crippen molar-refractivity contribution in [2.75, 3.05) is 0 Å². The second kappa shape index (κ2) is 3.49. The average Bonchev–Trinajstić information content (AvgIpc) is 3.04. The Balaban J connectivity index is 2.02. The fourth-order valence-corrected chi connectivity index (χ4v) is 2.81. The lowest BCUT2D eigenvalue weighted by Crippen LogP contribution is -2.04. The monoisotopic (exact) mass is 273 g/mol. The van der Waals surface area contributed by atoms with Crippen molar-refractivity contribution < 1.29 is 4.79 Å². The molecule has 1 aliphatic carbocycles. The predicted molar refractivity (Wildman–Crippen MR) is 75.0 cm³/mol. The van der Waals surface area contributed by atoms with E-state index in [-0.39, 0.29) is 5.78 Å². The van der Waals surface area contributed by atoms with E-state index in [0.29, 0.717) is 28.2 Å². The highest BCUT2D eigenvalue weighted by atomic mass is 16.1. The number of hydrogen-bond donors (Lipinski definition) is 0. The van der Waals surface area contributed by atoms with E-state index in [1.165, 1.54) is 0 Å². The number of nitrogens with zero attached hydrogens (tertiary/aromatic N) is 5. The summed E-state index contributed by atoms with van der Waals surface area (Å²) in [6.07, 6.45) is 1.68. The molecule has 98 valence electrons. The largest absolute Gasteiger partial charge is 0.287 e. The van der Waals surface area contributed by atoms with Crippen LogP contribution >= 0.6 is 0 Å². The number of carbonyl (C=O) groups is 1. The van der Waals surface area contributed by atoms with E-state index in [1.54, 1.807) is 16.8 Å². The lowest BCUT2D eigenvalue weighted by molar-refractivity contribution is 0.103. The summed E-state index contributed by atoms with van der Waals surface area (Å²) in [5.74, 6) is -0.109. The number of hydrogen-bond acceptors (Lipinski definition) is 5. The van der Waals surface area contributed by atoms with E-state index >= 15 is 0 Å². The van der Waals surface area contributed by atoms with E-state index < -0.39 is 0 Å². The summed E-state index contributed by atoms with van der Waals surface area (Å²) in [4.78, 5) is 16.6. The molecule has 3 aromatic heterocycles. The van der Waals surface area contributed by atoms with Gasteiger partial charge in [0.05, 0.1) is 5.39 Å². The number of aromatic nitrogens is 5. The van der Waals surface area contributed by atoms with Gasteiger partial charge in [0.2, 0.25) is 5.78 Å². The van der Waals surface area contributed by atoms with Gasteiger partial charge in [-0.05, 0) is 12.1 Å². The van der Waals surface area contributed by atoms with Gasteiger partial charge in [0.1, 0.15) is 5.69 Å². The molecule has 21 heavy (non-hydrogen) atoms. The van der Waals surface area contributed by atoms with Crippen molar-refractivity contribution in [3.63, 3.8) is 0 Å². The van der Waals surface area contributed by atoms with Crippen LogP contribution in [-0.4, -0.2) is 30.6 Å². The first-order chi connectivity index (χ1) is 10.3. The Bertz CT molecular complexity index is 1070. The van der Waals surface area contributed by atoms with Crippen LogP contribution in [0.2, 0.25) is 0 Å². The van der Waals surface area contributed by atoms with Crippen LogP contribution < -0.4 is 0 Å². The highest BCUT2D eigenvalue weighted by Crippen LogP contribution is 2.35. The molecule has 0 unspecified atom stereocenters. The molecule has 0 bridgehead atoms. The summed E-state index contributed by atoms with van der Waals surface area (Å²) < 4.78 is 1.67. The summed E-state index contributed by atoms with van der Waals surface area (Å²) in [6.45, 7) is 0. The van der Waals surface area contributed by atoms with Gasteiger partial charge >= 0.3 is 0 Å². The van der Waals surface area contributed by atoms with E-state index in [2.05, 4.69) is 20.3 Å². The Morgan fingerprint density at radius 2 is 1.81 bits per heavy atom. The van der Waals surface area contributed by atoms with Crippen molar-refractivity contribution in [2.24, 2.45) is 0 Å². The molecule has 0 aliphatic heterocycles. The van der Waals surface area contributed by atoms with E-state index in [1.807, 2.05) is 30.3 Å². The maximum absolute atomic E-state index is 12.4. The minimum Gasteiger partial charge on any atom is -0.287 e. The molecule has 4 aromatic rings. The number of pyridine rings is 1. The first-order valence-electron chi connectivity index (χ1n) is 6.49. The first kappa shape index (κ1) is 10.6. The van der Waals surface area contributed by atoms with Crippen LogP contribution in [0.1, 0.15) is 16.1 Å². The fraction of sp³-hybridized carbons (Fsp3) is 0. The highest BCUT2D eigenvalue weighted by Gasteiger charge is 2.31. The third-order valence-electron chi connectivity index (χ3n) is 3.75. The van der Waals surface area contributed by atoms with Gasteiger partial charge < -0.3 is 0 Å². The lowest BCUT2D eigenvalue weighted by atomic mass is 10.1. The van der Waals surface area contributed by atoms with Crippen molar-refractivity contribution in [2.45, 2.75) is 0 Å². The molecule has 1 aromatic carbocycles. The molecular weight excluding hydrogens is 266 g/mol. The third-order valence-corrected chi connectivity index (χ3v) is 3.75. The molecule has 0 atom stereocenters. The quantitative estimate of drug-likeness (QED) is 0.431. The first-order valence-corrected chi connectivity index (χ1v) is 6.49. The molecule has 0 radical (unpaired) electrons. The Morgan fingerprint density at radius 1 is 0.952 bits per heavy atom. The molecule has 0 amide bonds. The second-order valence-corrected chi connectivity index (χ2v) is 4.88. The topological polar surface area (TPSA) is 73.0 Å². The van der Waals surface area contributed by atoms with Crippen LogP contribution in [0.3, 0.4) is 0 Å². The van der Waals surface area contributed by atoms with Crippen molar-refractivity contribution in [1.82, 2.24) is 24.8 Å². The van der Waals surface area contributed by atoms with Gasteiger partial charge in [0, 0.05) is 17.3 Å². The Hall–Kier alpha value is -3.15. The normalized spacial score (nSPS) is 12.9. The summed E-state index contributed by atoms with van der Waals surface area (Å²) in [5, 5.41) is 13.6. The summed E-state index contributed by atoms with van der Waals surface area (Å²) in [7, 11) is 0. The van der Waals surface area contributed by atoms with Crippen molar-refractivity contribution >= 4 is 22.5 Å². The lowest BCUT2D eigenvalue weighted by Gasteiger charge is -2.01. The number of carbonyl (C=O) groups excluding carboxylic acids is 1. The van der Waals surface area contributed by atoms with Crippen LogP contribution in [0.5, 0.6) is 0 Å². The number of fused-ring (bicyclic) bond motifs is 7. The Labute approximate surface area is 118 Å². The standard InChI is InChI=1S/C15H7N5O/c21-13-9-5-2-1-4-8(9)12-11(13)17-18-15-10-6-3-7-16-14(10)19-20(12)15/h1-7H. The van der Waals surface area contributed by atoms with E-state index in [9.17, 15) is 4.79 Å². The minimum atomic E-state index is -0.109. The van der Waals surface area contributed by atoms with Crippen LogP contribution in [0, 0.1) is 0 Å². The number of rotatable bonds is 0. The molecule has 1 aliphatic rings. The molecule has 5 rings (SSSR count). The van der Waals surface area contributed by atoms with Crippen LogP contribution in [-0.2, 0) is 0 Å². The predicted octanol–water partition coefficient (Wildman–Crippen LogP) is 1.88. The maximum Gasteiger partial charge on any atom is 0.216 e. The number of ketones is 1. The van der Waals surface area contributed by atoms with Gasteiger partial charge in [0.15, 0.2) is 17.0 Å². The molecule has 0 spiro atoms. The van der Waals surface area contributed by atoms with Gasteiger partial charge in [-0.3, -0.25) is 4.79 Å². The van der Waals surface area contributed by atoms with Crippen LogP contribution in [0.4, 0.5) is 0 Å². The highest BCUT2D eigenvalue weighted by molar-refractivity contribution is 6.20. The summed E-state index contributed by atoms with van der Waals surface area (Å²) in [5.41, 5.74) is 3.72. The van der Waals surface area contributed by atoms with Gasteiger partial charge in [-0.25, -0.2) is 9.50 Å². The molecule has 6 nitrogen and oxygen atoms in total. The molecule has 3 heterocycles. The van der Waals surface area contributed by atoms with E-state index in [0.717, 1.165) is 10.9 Å². The third kappa shape index (κ3) is 1.19. The number of benzene rings is 1. The van der Waals surface area contributed by atoms with Gasteiger partial charge in [0.25, 0.3) is 0 Å². The van der Waals surface area contributed by atoms with Crippen LogP contribution in [0.25, 0.3) is 27.9 Å². The zero-order valence-corrected chi connectivity index (χ0v) is 10.7. The molecular formula is C15H7N5O. The summed E-state index contributed by atoms with van der Waals surface area (Å²) in [6, 6.07) is 11.2. The minimum absolute atomic E-state index is 0.109. The zero-order valence-electron chi connectivity index (χ0n) is 10.7. The van der Waals surface area contributed by atoms with Crippen molar-refractivity contribution in [3.8, 4) is 11.3 Å². The van der Waals surface area contributed by atoms with Crippen LogP contribution in [0.15, 0.2) is 42.6 Å². The second-order valence-electron chi connectivity index (χ2n) is 4.88. The van der Waals surface area contributed by atoms with Crippen molar-refractivity contribution in [1.29, 1.82) is 0 Å².